The monoisotopic (exact) mass is 199 g/mol. The van der Waals surface area contributed by atoms with Gasteiger partial charge < -0.3 is 9.64 Å². The summed E-state index contributed by atoms with van der Waals surface area (Å²) >= 11 is 1.51. The lowest BCUT2D eigenvalue weighted by atomic mass is 10.2. The Hall–Kier alpha value is -0.840. The molecule has 72 valence electrons. The van der Waals surface area contributed by atoms with Crippen LogP contribution in [-0.2, 0) is 0 Å². The summed E-state index contributed by atoms with van der Waals surface area (Å²) in [4.78, 5) is 2.27. The number of aromatic nitrogens is 2. The number of rotatable bonds is 2. The summed E-state index contributed by atoms with van der Waals surface area (Å²) in [5.41, 5.74) is 0. The fourth-order valence-electron chi connectivity index (χ4n) is 1.52. The average Bonchev–Trinajstić information content (AvgIpc) is 2.71. The lowest BCUT2D eigenvalue weighted by Crippen LogP contribution is -2.18. The standard InChI is InChI=1S/C8H13N3OS/c1-6-3-4-11(5-6)7-9-10-8(12-2)13-7/h6H,3-5H2,1-2H3. The van der Waals surface area contributed by atoms with E-state index in [2.05, 4.69) is 22.0 Å². The van der Waals surface area contributed by atoms with E-state index in [0.29, 0.717) is 5.19 Å². The first-order chi connectivity index (χ1) is 6.29. The van der Waals surface area contributed by atoms with Gasteiger partial charge in [0.1, 0.15) is 0 Å². The maximum atomic E-state index is 5.00. The summed E-state index contributed by atoms with van der Waals surface area (Å²) in [5, 5.41) is 9.62. The minimum atomic E-state index is 0.648. The average molecular weight is 199 g/mol. The quantitative estimate of drug-likeness (QED) is 0.721. The summed E-state index contributed by atoms with van der Waals surface area (Å²) in [6, 6.07) is 0. The third-order valence-corrected chi connectivity index (χ3v) is 3.21. The Kier molecular flexibility index (Phi) is 2.35. The maximum Gasteiger partial charge on any atom is 0.295 e. The van der Waals surface area contributed by atoms with Crippen molar-refractivity contribution in [2.24, 2.45) is 5.92 Å². The highest BCUT2D eigenvalue weighted by molar-refractivity contribution is 7.16. The van der Waals surface area contributed by atoms with Crippen LogP contribution in [0.15, 0.2) is 0 Å². The molecule has 1 aliphatic rings. The first-order valence-electron chi connectivity index (χ1n) is 4.42. The van der Waals surface area contributed by atoms with Crippen LogP contribution in [0.3, 0.4) is 0 Å². The zero-order valence-corrected chi connectivity index (χ0v) is 8.67. The van der Waals surface area contributed by atoms with Crippen LogP contribution < -0.4 is 9.64 Å². The van der Waals surface area contributed by atoms with Crippen molar-refractivity contribution in [3.63, 3.8) is 0 Å². The van der Waals surface area contributed by atoms with E-state index in [1.54, 1.807) is 7.11 Å². The second-order valence-electron chi connectivity index (χ2n) is 3.39. The Balaban J connectivity index is 2.08. The van der Waals surface area contributed by atoms with Gasteiger partial charge in [0.25, 0.3) is 5.19 Å². The minimum absolute atomic E-state index is 0.648. The van der Waals surface area contributed by atoms with E-state index in [1.807, 2.05) is 0 Å². The molecule has 4 nitrogen and oxygen atoms in total. The van der Waals surface area contributed by atoms with Crippen LogP contribution in [-0.4, -0.2) is 30.4 Å². The van der Waals surface area contributed by atoms with Crippen molar-refractivity contribution in [2.75, 3.05) is 25.1 Å². The molecular weight excluding hydrogens is 186 g/mol. The molecule has 2 heterocycles. The van der Waals surface area contributed by atoms with Crippen LogP contribution in [0, 0.1) is 5.92 Å². The van der Waals surface area contributed by atoms with E-state index in [4.69, 9.17) is 4.74 Å². The van der Waals surface area contributed by atoms with Crippen LogP contribution in [0.5, 0.6) is 5.19 Å². The third-order valence-electron chi connectivity index (χ3n) is 2.26. The van der Waals surface area contributed by atoms with E-state index >= 15 is 0 Å². The van der Waals surface area contributed by atoms with Gasteiger partial charge in [-0.2, -0.15) is 0 Å². The van der Waals surface area contributed by atoms with E-state index in [-0.39, 0.29) is 0 Å². The van der Waals surface area contributed by atoms with Gasteiger partial charge in [-0.1, -0.05) is 12.0 Å². The molecule has 2 rings (SSSR count). The van der Waals surface area contributed by atoms with Gasteiger partial charge in [-0.25, -0.2) is 0 Å². The Morgan fingerprint density at radius 3 is 2.92 bits per heavy atom. The van der Waals surface area contributed by atoms with E-state index < -0.39 is 0 Å². The Morgan fingerprint density at radius 1 is 1.54 bits per heavy atom. The second-order valence-corrected chi connectivity index (χ2v) is 4.31. The molecule has 0 N–H and O–H groups in total. The smallest absolute Gasteiger partial charge is 0.295 e. The van der Waals surface area contributed by atoms with Gasteiger partial charge in [0.2, 0.25) is 5.13 Å². The number of methoxy groups -OCH3 is 1. The van der Waals surface area contributed by atoms with Crippen molar-refractivity contribution in [3.05, 3.63) is 0 Å². The molecule has 0 bridgehead atoms. The molecule has 5 heteroatoms. The number of nitrogens with zero attached hydrogens (tertiary/aromatic N) is 3. The van der Waals surface area contributed by atoms with Crippen molar-refractivity contribution < 1.29 is 4.74 Å². The molecule has 1 unspecified atom stereocenters. The normalized spacial score (nSPS) is 22.3. The van der Waals surface area contributed by atoms with E-state index in [1.165, 1.54) is 17.8 Å². The minimum Gasteiger partial charge on any atom is -0.472 e. The summed E-state index contributed by atoms with van der Waals surface area (Å²) in [6.07, 6.45) is 1.25. The van der Waals surface area contributed by atoms with E-state index in [9.17, 15) is 0 Å². The lowest BCUT2D eigenvalue weighted by Gasteiger charge is -2.11. The third kappa shape index (κ3) is 1.75. The van der Waals surface area contributed by atoms with Crippen LogP contribution >= 0.6 is 11.3 Å². The summed E-state index contributed by atoms with van der Waals surface area (Å²) < 4.78 is 5.00. The summed E-state index contributed by atoms with van der Waals surface area (Å²) in [6.45, 7) is 4.45. The summed E-state index contributed by atoms with van der Waals surface area (Å²) in [7, 11) is 1.62. The summed E-state index contributed by atoms with van der Waals surface area (Å²) in [5.74, 6) is 0.773. The van der Waals surface area contributed by atoms with Crippen molar-refractivity contribution in [1.82, 2.24) is 10.2 Å². The largest absolute Gasteiger partial charge is 0.472 e. The molecule has 0 aromatic carbocycles. The number of anilines is 1. The SMILES string of the molecule is COc1nnc(N2CCC(C)C2)s1. The zero-order valence-electron chi connectivity index (χ0n) is 7.86. The molecule has 1 aromatic heterocycles. The highest BCUT2D eigenvalue weighted by Gasteiger charge is 2.21. The fraction of sp³-hybridized carbons (Fsp3) is 0.750. The van der Waals surface area contributed by atoms with Gasteiger partial charge in [-0.05, 0) is 23.7 Å². The molecule has 0 aliphatic carbocycles. The topological polar surface area (TPSA) is 38.3 Å². The van der Waals surface area contributed by atoms with Gasteiger partial charge in [0.15, 0.2) is 0 Å². The van der Waals surface area contributed by atoms with Crippen LogP contribution in [0.25, 0.3) is 0 Å². The van der Waals surface area contributed by atoms with Crippen LogP contribution in [0.2, 0.25) is 0 Å². The molecule has 1 aromatic rings. The second kappa shape index (κ2) is 3.49. The molecule has 0 spiro atoms. The molecular formula is C8H13N3OS. The van der Waals surface area contributed by atoms with Crippen LogP contribution in [0.4, 0.5) is 5.13 Å². The molecule has 1 saturated heterocycles. The van der Waals surface area contributed by atoms with Gasteiger partial charge in [0.05, 0.1) is 7.11 Å². The lowest BCUT2D eigenvalue weighted by molar-refractivity contribution is 0.407. The molecule has 0 saturated carbocycles. The Labute approximate surface area is 81.5 Å². The molecule has 1 atom stereocenters. The predicted molar refractivity (Wildman–Crippen MR) is 52.5 cm³/mol. The molecule has 1 fully saturated rings. The fourth-order valence-corrected chi connectivity index (χ4v) is 2.22. The van der Waals surface area contributed by atoms with Crippen molar-refractivity contribution in [1.29, 1.82) is 0 Å². The predicted octanol–water partition coefficient (Wildman–Crippen LogP) is 1.39. The highest BCUT2D eigenvalue weighted by Crippen LogP contribution is 2.29. The highest BCUT2D eigenvalue weighted by atomic mass is 32.1. The number of hydrogen-bond acceptors (Lipinski definition) is 5. The molecule has 1 aliphatic heterocycles. The van der Waals surface area contributed by atoms with Crippen LogP contribution in [0.1, 0.15) is 13.3 Å². The number of ether oxygens (including phenoxy) is 1. The van der Waals surface area contributed by atoms with Gasteiger partial charge >= 0.3 is 0 Å². The van der Waals surface area contributed by atoms with Gasteiger partial charge in [-0.3, -0.25) is 0 Å². The van der Waals surface area contributed by atoms with E-state index in [0.717, 1.165) is 24.1 Å². The Morgan fingerprint density at radius 2 is 2.38 bits per heavy atom. The molecule has 13 heavy (non-hydrogen) atoms. The first-order valence-corrected chi connectivity index (χ1v) is 5.23. The van der Waals surface area contributed by atoms with Gasteiger partial charge in [-0.15, -0.1) is 5.10 Å². The maximum absolute atomic E-state index is 5.00. The molecule has 0 radical (unpaired) electrons. The van der Waals surface area contributed by atoms with Gasteiger partial charge in [0, 0.05) is 13.1 Å². The Bertz CT molecular complexity index is 289. The zero-order chi connectivity index (χ0) is 9.26. The van der Waals surface area contributed by atoms with Crippen molar-refractivity contribution in [3.8, 4) is 5.19 Å². The first kappa shape index (κ1) is 8.74. The number of hydrogen-bond donors (Lipinski definition) is 0. The molecule has 0 amide bonds. The van der Waals surface area contributed by atoms with Crippen molar-refractivity contribution in [2.45, 2.75) is 13.3 Å². The van der Waals surface area contributed by atoms with Crippen molar-refractivity contribution >= 4 is 16.5 Å².